The average Bonchev–Trinajstić information content (AvgIpc) is 3.05. The first-order valence-electron chi connectivity index (χ1n) is 7.45. The van der Waals surface area contributed by atoms with E-state index < -0.39 is 6.04 Å². The van der Waals surface area contributed by atoms with Crippen LogP contribution >= 0.6 is 0 Å². The molecule has 1 amide bonds. The van der Waals surface area contributed by atoms with E-state index in [1.165, 1.54) is 0 Å². The van der Waals surface area contributed by atoms with Gasteiger partial charge in [-0.15, -0.1) is 0 Å². The highest BCUT2D eigenvalue weighted by Gasteiger charge is 2.21. The van der Waals surface area contributed by atoms with Crippen molar-refractivity contribution >= 4 is 16.9 Å². The largest absolute Gasteiger partial charge is 0.350 e. The Hall–Kier alpha value is -2.67. The van der Waals surface area contributed by atoms with Gasteiger partial charge in [-0.25, -0.2) is 4.98 Å². The molecule has 1 aromatic carbocycles. The number of amides is 1. The summed E-state index contributed by atoms with van der Waals surface area (Å²) in [5, 5.41) is 9.80. The molecule has 1 atom stereocenters. The molecule has 3 aromatic rings. The van der Waals surface area contributed by atoms with Crippen molar-refractivity contribution in [2.24, 2.45) is 5.73 Å². The van der Waals surface area contributed by atoms with Gasteiger partial charge in [0.1, 0.15) is 11.9 Å². The van der Waals surface area contributed by atoms with Crippen molar-refractivity contribution in [3.05, 3.63) is 46.5 Å². The Balaban J connectivity index is 1.70. The zero-order valence-corrected chi connectivity index (χ0v) is 13.4. The van der Waals surface area contributed by atoms with Crippen molar-refractivity contribution in [2.75, 3.05) is 0 Å². The number of carbonyl (C=O) groups excluding carboxylic acids is 1. The van der Waals surface area contributed by atoms with Gasteiger partial charge in [-0.3, -0.25) is 9.89 Å². The number of aryl methyl sites for hydroxylation is 3. The molecule has 23 heavy (non-hydrogen) atoms. The van der Waals surface area contributed by atoms with E-state index in [-0.39, 0.29) is 5.91 Å². The Morgan fingerprint density at radius 1 is 1.35 bits per heavy atom. The number of hydrogen-bond donors (Lipinski definition) is 4. The summed E-state index contributed by atoms with van der Waals surface area (Å²) in [6.45, 7) is 6.02. The summed E-state index contributed by atoms with van der Waals surface area (Å²) in [5.74, 6) is 0.646. The molecule has 1 unspecified atom stereocenters. The summed E-state index contributed by atoms with van der Waals surface area (Å²) in [5.41, 5.74) is 11.2. The summed E-state index contributed by atoms with van der Waals surface area (Å²) < 4.78 is 0. The summed E-state index contributed by atoms with van der Waals surface area (Å²) in [4.78, 5) is 19.8. The minimum absolute atomic E-state index is 0.224. The highest BCUT2D eigenvalue weighted by atomic mass is 16.2. The van der Waals surface area contributed by atoms with E-state index in [2.05, 4.69) is 25.5 Å². The van der Waals surface area contributed by atoms with Crippen LogP contribution in [-0.4, -0.2) is 26.1 Å². The second kappa shape index (κ2) is 5.85. The second-order valence-electron chi connectivity index (χ2n) is 5.72. The van der Waals surface area contributed by atoms with E-state index >= 15 is 0 Å². The van der Waals surface area contributed by atoms with E-state index in [1.54, 1.807) is 0 Å². The van der Waals surface area contributed by atoms with Gasteiger partial charge >= 0.3 is 0 Å². The number of imidazole rings is 1. The summed E-state index contributed by atoms with van der Waals surface area (Å²) >= 11 is 0. The van der Waals surface area contributed by atoms with Gasteiger partial charge in [0.15, 0.2) is 0 Å². The molecule has 0 aliphatic rings. The average molecular weight is 312 g/mol. The third-order valence-corrected chi connectivity index (χ3v) is 3.91. The molecule has 2 heterocycles. The highest BCUT2D eigenvalue weighted by Crippen LogP contribution is 2.18. The van der Waals surface area contributed by atoms with E-state index in [1.807, 2.05) is 39.0 Å². The van der Waals surface area contributed by atoms with E-state index in [0.29, 0.717) is 6.54 Å². The van der Waals surface area contributed by atoms with E-state index in [0.717, 1.165) is 39.4 Å². The molecule has 0 aliphatic carbocycles. The van der Waals surface area contributed by atoms with Crippen molar-refractivity contribution in [3.8, 4) is 0 Å². The zero-order chi connectivity index (χ0) is 16.6. The molecule has 0 spiro atoms. The standard InChI is InChI=1S/C16H20N6O/c1-8-14(9(2)22-21-8)15(17)16(23)18-7-11-4-5-12-13(6-11)20-10(3)19-12/h4-6,15H,7,17H2,1-3H3,(H,18,23)(H,19,20)(H,21,22). The monoisotopic (exact) mass is 312 g/mol. The maximum absolute atomic E-state index is 12.3. The molecular formula is C16H20N6O. The fourth-order valence-corrected chi connectivity index (χ4v) is 2.74. The smallest absolute Gasteiger partial charge is 0.241 e. The maximum atomic E-state index is 12.3. The summed E-state index contributed by atoms with van der Waals surface area (Å²) in [6, 6.07) is 5.13. The number of fused-ring (bicyclic) bond motifs is 1. The SMILES string of the molecule is Cc1nc2ccc(CNC(=O)C(N)c3c(C)n[nH]c3C)cc2[nH]1. The van der Waals surface area contributed by atoms with Crippen LogP contribution in [0.4, 0.5) is 0 Å². The molecular weight excluding hydrogens is 292 g/mol. The first kappa shape index (κ1) is 15.2. The zero-order valence-electron chi connectivity index (χ0n) is 13.4. The quantitative estimate of drug-likeness (QED) is 0.585. The van der Waals surface area contributed by atoms with Gasteiger partial charge in [-0.05, 0) is 38.5 Å². The fourth-order valence-electron chi connectivity index (χ4n) is 2.74. The Morgan fingerprint density at radius 3 is 2.83 bits per heavy atom. The first-order valence-corrected chi connectivity index (χ1v) is 7.45. The van der Waals surface area contributed by atoms with Gasteiger partial charge in [0.2, 0.25) is 5.91 Å². The molecule has 5 N–H and O–H groups in total. The third-order valence-electron chi connectivity index (χ3n) is 3.91. The number of hydrogen-bond acceptors (Lipinski definition) is 4. The fraction of sp³-hybridized carbons (Fsp3) is 0.312. The van der Waals surface area contributed by atoms with Crippen LogP contribution < -0.4 is 11.1 Å². The second-order valence-corrected chi connectivity index (χ2v) is 5.72. The minimum atomic E-state index is -0.730. The molecule has 2 aromatic heterocycles. The van der Waals surface area contributed by atoms with Gasteiger partial charge in [0.05, 0.1) is 16.7 Å². The predicted octanol–water partition coefficient (Wildman–Crippen LogP) is 1.53. The predicted molar refractivity (Wildman–Crippen MR) is 87.7 cm³/mol. The third kappa shape index (κ3) is 2.95. The maximum Gasteiger partial charge on any atom is 0.241 e. The number of rotatable bonds is 4. The van der Waals surface area contributed by atoms with Gasteiger partial charge in [0.25, 0.3) is 0 Å². The lowest BCUT2D eigenvalue weighted by atomic mass is 10.1. The van der Waals surface area contributed by atoms with Crippen LogP contribution in [0.2, 0.25) is 0 Å². The number of nitrogens with two attached hydrogens (primary N) is 1. The van der Waals surface area contributed by atoms with Crippen LogP contribution in [-0.2, 0) is 11.3 Å². The molecule has 0 saturated heterocycles. The lowest BCUT2D eigenvalue weighted by Crippen LogP contribution is -2.34. The van der Waals surface area contributed by atoms with Crippen LogP contribution in [0.3, 0.4) is 0 Å². The molecule has 0 fully saturated rings. The lowest BCUT2D eigenvalue weighted by molar-refractivity contribution is -0.122. The molecule has 7 heteroatoms. The summed E-state index contributed by atoms with van der Waals surface area (Å²) in [6.07, 6.45) is 0. The molecule has 120 valence electrons. The van der Waals surface area contributed by atoms with Gasteiger partial charge in [-0.2, -0.15) is 5.10 Å². The Bertz CT molecular complexity index is 843. The van der Waals surface area contributed by atoms with Crippen molar-refractivity contribution in [3.63, 3.8) is 0 Å². The van der Waals surface area contributed by atoms with Crippen LogP contribution in [0.1, 0.15) is 34.4 Å². The number of H-pyrrole nitrogens is 2. The van der Waals surface area contributed by atoms with Crippen LogP contribution in [0.15, 0.2) is 18.2 Å². The van der Waals surface area contributed by atoms with Crippen molar-refractivity contribution in [2.45, 2.75) is 33.4 Å². The normalized spacial score (nSPS) is 12.5. The van der Waals surface area contributed by atoms with Gasteiger partial charge in [-0.1, -0.05) is 6.07 Å². The van der Waals surface area contributed by atoms with Gasteiger partial charge in [0, 0.05) is 17.8 Å². The number of nitrogens with one attached hydrogen (secondary N) is 3. The number of aromatic nitrogens is 4. The van der Waals surface area contributed by atoms with E-state index in [4.69, 9.17) is 5.73 Å². The van der Waals surface area contributed by atoms with E-state index in [9.17, 15) is 4.79 Å². The molecule has 0 aliphatic heterocycles. The first-order chi connectivity index (χ1) is 11.0. The number of nitrogens with zero attached hydrogens (tertiary/aromatic N) is 2. The Kier molecular flexibility index (Phi) is 3.87. The molecule has 0 bridgehead atoms. The number of carbonyl (C=O) groups is 1. The minimum Gasteiger partial charge on any atom is -0.350 e. The van der Waals surface area contributed by atoms with Gasteiger partial charge < -0.3 is 16.0 Å². The number of aromatic amines is 2. The highest BCUT2D eigenvalue weighted by molar-refractivity contribution is 5.83. The van der Waals surface area contributed by atoms with Crippen molar-refractivity contribution < 1.29 is 4.79 Å². The van der Waals surface area contributed by atoms with Crippen LogP contribution in [0.25, 0.3) is 11.0 Å². The lowest BCUT2D eigenvalue weighted by Gasteiger charge is -2.13. The molecule has 3 rings (SSSR count). The molecule has 0 radical (unpaired) electrons. The van der Waals surface area contributed by atoms with Crippen molar-refractivity contribution in [1.82, 2.24) is 25.5 Å². The molecule has 0 saturated carbocycles. The number of benzene rings is 1. The Labute approximate surface area is 133 Å². The Morgan fingerprint density at radius 2 is 2.13 bits per heavy atom. The van der Waals surface area contributed by atoms with Crippen molar-refractivity contribution in [1.29, 1.82) is 0 Å². The topological polar surface area (TPSA) is 112 Å². The van der Waals surface area contributed by atoms with Crippen LogP contribution in [0, 0.1) is 20.8 Å². The van der Waals surface area contributed by atoms with Crippen LogP contribution in [0.5, 0.6) is 0 Å². The molecule has 7 nitrogen and oxygen atoms in total. The summed E-state index contributed by atoms with van der Waals surface area (Å²) in [7, 11) is 0.